The molecule has 23 heavy (non-hydrogen) atoms. The van der Waals surface area contributed by atoms with Gasteiger partial charge in [-0.1, -0.05) is 6.07 Å². The number of benzene rings is 1. The summed E-state index contributed by atoms with van der Waals surface area (Å²) < 4.78 is 5.58. The minimum absolute atomic E-state index is 0.469. The smallest absolute Gasteiger partial charge is 0.0586 e. The lowest BCUT2D eigenvalue weighted by atomic mass is 9.90. The summed E-state index contributed by atoms with van der Waals surface area (Å²) in [6.07, 6.45) is 7.95. The van der Waals surface area contributed by atoms with E-state index in [4.69, 9.17) is 10.5 Å². The maximum absolute atomic E-state index is 6.09. The van der Waals surface area contributed by atoms with Gasteiger partial charge in [-0.15, -0.1) is 0 Å². The summed E-state index contributed by atoms with van der Waals surface area (Å²) in [5.41, 5.74) is 9.30. The first-order valence-electron chi connectivity index (χ1n) is 9.05. The minimum atomic E-state index is 0.469. The van der Waals surface area contributed by atoms with Gasteiger partial charge in [0.2, 0.25) is 0 Å². The predicted molar refractivity (Wildman–Crippen MR) is 96.9 cm³/mol. The van der Waals surface area contributed by atoms with Crippen molar-refractivity contribution in [2.24, 2.45) is 0 Å². The zero-order valence-corrected chi connectivity index (χ0v) is 14.6. The van der Waals surface area contributed by atoms with Crippen molar-refractivity contribution in [3.63, 3.8) is 0 Å². The Bertz CT molecular complexity index is 511. The van der Waals surface area contributed by atoms with E-state index in [0.717, 1.165) is 17.4 Å². The van der Waals surface area contributed by atoms with Gasteiger partial charge in [0.05, 0.1) is 17.5 Å². The molecule has 2 aliphatic rings. The third-order valence-corrected chi connectivity index (χ3v) is 5.55. The molecular formula is C19H31N3O. The number of rotatable bonds is 4. The Hall–Kier alpha value is -1.26. The molecule has 1 aliphatic heterocycles. The van der Waals surface area contributed by atoms with E-state index in [1.54, 1.807) is 0 Å². The molecule has 0 aromatic heterocycles. The van der Waals surface area contributed by atoms with E-state index >= 15 is 0 Å². The fourth-order valence-corrected chi connectivity index (χ4v) is 4.09. The van der Waals surface area contributed by atoms with Crippen LogP contribution in [0.1, 0.15) is 44.1 Å². The SMILES string of the molecule is CO[C@@H]1CCC[C@@H](N2CCC(Nc3cc(C)ccc3N)CC2)C1. The van der Waals surface area contributed by atoms with Gasteiger partial charge in [0.1, 0.15) is 0 Å². The number of nitrogen functional groups attached to an aromatic ring is 1. The van der Waals surface area contributed by atoms with Crippen LogP contribution in [0.4, 0.5) is 11.4 Å². The van der Waals surface area contributed by atoms with Gasteiger partial charge < -0.3 is 20.7 Å². The molecular weight excluding hydrogens is 286 g/mol. The molecule has 1 aromatic carbocycles. The van der Waals surface area contributed by atoms with Crippen molar-refractivity contribution in [1.29, 1.82) is 0 Å². The number of hydrogen-bond donors (Lipinski definition) is 2. The Morgan fingerprint density at radius 3 is 2.70 bits per heavy atom. The molecule has 0 spiro atoms. The third-order valence-electron chi connectivity index (χ3n) is 5.55. The summed E-state index contributed by atoms with van der Waals surface area (Å²) in [6.45, 7) is 4.48. The van der Waals surface area contributed by atoms with E-state index in [0.29, 0.717) is 12.1 Å². The number of hydrogen-bond acceptors (Lipinski definition) is 4. The van der Waals surface area contributed by atoms with Crippen LogP contribution < -0.4 is 11.1 Å². The molecule has 1 aromatic rings. The highest BCUT2D eigenvalue weighted by molar-refractivity contribution is 5.67. The highest BCUT2D eigenvalue weighted by Crippen LogP contribution is 2.28. The van der Waals surface area contributed by atoms with Gasteiger partial charge in [0, 0.05) is 32.3 Å². The largest absolute Gasteiger partial charge is 0.397 e. The zero-order valence-electron chi connectivity index (χ0n) is 14.6. The van der Waals surface area contributed by atoms with Crippen molar-refractivity contribution >= 4 is 11.4 Å². The number of likely N-dealkylation sites (tertiary alicyclic amines) is 1. The number of piperidine rings is 1. The average Bonchev–Trinajstić information content (AvgIpc) is 2.59. The van der Waals surface area contributed by atoms with Crippen LogP contribution in [0.2, 0.25) is 0 Å². The molecule has 2 atom stereocenters. The summed E-state index contributed by atoms with van der Waals surface area (Å²) in [7, 11) is 1.86. The molecule has 0 radical (unpaired) electrons. The van der Waals surface area contributed by atoms with Gasteiger partial charge in [0.25, 0.3) is 0 Å². The van der Waals surface area contributed by atoms with Crippen molar-refractivity contribution in [2.45, 2.75) is 63.6 Å². The van der Waals surface area contributed by atoms with Crippen LogP contribution in [0.3, 0.4) is 0 Å². The highest BCUT2D eigenvalue weighted by Gasteiger charge is 2.29. The Morgan fingerprint density at radius 2 is 1.96 bits per heavy atom. The molecule has 3 rings (SSSR count). The van der Waals surface area contributed by atoms with E-state index in [1.165, 1.54) is 57.2 Å². The standard InChI is InChI=1S/C19H31N3O/c1-14-6-7-18(20)19(12-14)21-15-8-10-22(11-9-15)16-4-3-5-17(13-16)23-2/h6-7,12,15-17,21H,3-5,8-11,13,20H2,1-2H3/t16-,17-/m1/s1. The van der Waals surface area contributed by atoms with Crippen molar-refractivity contribution in [2.75, 3.05) is 31.2 Å². The molecule has 0 amide bonds. The fourth-order valence-electron chi connectivity index (χ4n) is 4.09. The molecule has 1 saturated carbocycles. The second-order valence-electron chi connectivity index (χ2n) is 7.22. The normalized spacial score (nSPS) is 27.0. The Morgan fingerprint density at radius 1 is 1.17 bits per heavy atom. The molecule has 2 fully saturated rings. The van der Waals surface area contributed by atoms with Crippen LogP contribution >= 0.6 is 0 Å². The van der Waals surface area contributed by atoms with Gasteiger partial charge in [-0.2, -0.15) is 0 Å². The fraction of sp³-hybridized carbons (Fsp3) is 0.684. The van der Waals surface area contributed by atoms with E-state index in [9.17, 15) is 0 Å². The van der Waals surface area contributed by atoms with E-state index in [1.807, 2.05) is 13.2 Å². The van der Waals surface area contributed by atoms with Crippen LogP contribution in [0.15, 0.2) is 18.2 Å². The Balaban J connectivity index is 1.51. The monoisotopic (exact) mass is 317 g/mol. The summed E-state index contributed by atoms with van der Waals surface area (Å²) in [5, 5.41) is 3.66. The lowest BCUT2D eigenvalue weighted by molar-refractivity contribution is 0.0218. The van der Waals surface area contributed by atoms with Crippen molar-refractivity contribution in [1.82, 2.24) is 4.90 Å². The molecule has 4 nitrogen and oxygen atoms in total. The van der Waals surface area contributed by atoms with Crippen molar-refractivity contribution in [3.05, 3.63) is 23.8 Å². The minimum Gasteiger partial charge on any atom is -0.397 e. The number of nitrogens with zero attached hydrogens (tertiary/aromatic N) is 1. The predicted octanol–water partition coefficient (Wildman–Crippen LogP) is 3.41. The molecule has 1 aliphatic carbocycles. The summed E-state index contributed by atoms with van der Waals surface area (Å²) in [4.78, 5) is 2.68. The zero-order chi connectivity index (χ0) is 16.2. The third kappa shape index (κ3) is 4.18. The van der Waals surface area contributed by atoms with Crippen LogP contribution in [0.25, 0.3) is 0 Å². The summed E-state index contributed by atoms with van der Waals surface area (Å²) in [6, 6.07) is 7.49. The number of ether oxygens (including phenoxy) is 1. The maximum Gasteiger partial charge on any atom is 0.0586 e. The van der Waals surface area contributed by atoms with Gasteiger partial charge in [-0.25, -0.2) is 0 Å². The van der Waals surface area contributed by atoms with Gasteiger partial charge in [0.15, 0.2) is 0 Å². The quantitative estimate of drug-likeness (QED) is 0.836. The van der Waals surface area contributed by atoms with Crippen molar-refractivity contribution in [3.8, 4) is 0 Å². The Labute approximate surface area is 140 Å². The molecule has 1 saturated heterocycles. The van der Waals surface area contributed by atoms with Crippen LogP contribution in [0.5, 0.6) is 0 Å². The Kier molecular flexibility index (Phi) is 5.44. The lowest BCUT2D eigenvalue weighted by Gasteiger charge is -2.41. The molecule has 0 bridgehead atoms. The number of methoxy groups -OCH3 is 1. The molecule has 3 N–H and O–H groups in total. The second kappa shape index (κ2) is 7.54. The van der Waals surface area contributed by atoms with Gasteiger partial charge in [-0.3, -0.25) is 0 Å². The van der Waals surface area contributed by atoms with E-state index in [2.05, 4.69) is 29.3 Å². The number of aryl methyl sites for hydroxylation is 1. The number of nitrogens with two attached hydrogens (primary N) is 1. The second-order valence-corrected chi connectivity index (χ2v) is 7.22. The first-order valence-corrected chi connectivity index (χ1v) is 9.05. The van der Waals surface area contributed by atoms with Crippen LogP contribution in [-0.4, -0.2) is 43.3 Å². The first kappa shape index (κ1) is 16.6. The molecule has 1 heterocycles. The summed E-state index contributed by atoms with van der Waals surface area (Å²) >= 11 is 0. The topological polar surface area (TPSA) is 50.5 Å². The van der Waals surface area contributed by atoms with Crippen LogP contribution in [-0.2, 0) is 4.74 Å². The first-order chi connectivity index (χ1) is 11.2. The molecule has 4 heteroatoms. The highest BCUT2D eigenvalue weighted by atomic mass is 16.5. The van der Waals surface area contributed by atoms with E-state index in [-0.39, 0.29) is 0 Å². The van der Waals surface area contributed by atoms with Gasteiger partial charge >= 0.3 is 0 Å². The molecule has 0 unspecified atom stereocenters. The maximum atomic E-state index is 6.09. The van der Waals surface area contributed by atoms with Crippen LogP contribution in [0, 0.1) is 6.92 Å². The van der Waals surface area contributed by atoms with Crippen molar-refractivity contribution < 1.29 is 4.74 Å². The van der Waals surface area contributed by atoms with E-state index < -0.39 is 0 Å². The lowest BCUT2D eigenvalue weighted by Crippen LogP contribution is -2.47. The average molecular weight is 317 g/mol. The summed E-state index contributed by atoms with van der Waals surface area (Å²) in [5.74, 6) is 0. The number of nitrogens with one attached hydrogen (secondary N) is 1. The molecule has 128 valence electrons. The van der Waals surface area contributed by atoms with Gasteiger partial charge in [-0.05, 0) is 63.1 Å². The number of anilines is 2.